The predicted molar refractivity (Wildman–Crippen MR) is 61.4 cm³/mol. The summed E-state index contributed by atoms with van der Waals surface area (Å²) in [6.45, 7) is 8.14. The summed E-state index contributed by atoms with van der Waals surface area (Å²) in [6, 6.07) is -0.0624. The molecule has 2 unspecified atom stereocenters. The van der Waals surface area contributed by atoms with Crippen molar-refractivity contribution in [3.05, 3.63) is 0 Å². The third kappa shape index (κ3) is 2.74. The molecule has 0 spiro atoms. The van der Waals surface area contributed by atoms with Crippen molar-refractivity contribution in [3.8, 4) is 0 Å². The maximum atomic E-state index is 11.4. The molecule has 1 N–H and O–H groups in total. The first-order valence-electron chi connectivity index (χ1n) is 5.73. The largest absolute Gasteiger partial charge is 0.465 e. The molecule has 1 aliphatic heterocycles. The van der Waals surface area contributed by atoms with Gasteiger partial charge in [0.05, 0.1) is 0 Å². The zero-order chi connectivity index (χ0) is 12.5. The average Bonchev–Trinajstić information content (AvgIpc) is 2.15. The van der Waals surface area contributed by atoms with E-state index in [1.807, 2.05) is 20.8 Å². The van der Waals surface area contributed by atoms with Crippen LogP contribution in [0.3, 0.4) is 0 Å². The van der Waals surface area contributed by atoms with Gasteiger partial charge in [-0.2, -0.15) is 0 Å². The highest BCUT2D eigenvalue weighted by atomic mass is 16.4. The first kappa shape index (κ1) is 13.0. The Kier molecular flexibility index (Phi) is 3.61. The summed E-state index contributed by atoms with van der Waals surface area (Å²) in [7, 11) is 0. The molecule has 1 fully saturated rings. The van der Waals surface area contributed by atoms with Crippen molar-refractivity contribution in [1.82, 2.24) is 4.90 Å². The van der Waals surface area contributed by atoms with E-state index in [1.165, 1.54) is 4.90 Å². The van der Waals surface area contributed by atoms with Crippen LogP contribution in [0.4, 0.5) is 4.79 Å². The van der Waals surface area contributed by atoms with Crippen molar-refractivity contribution in [2.24, 2.45) is 11.3 Å². The normalized spacial score (nSPS) is 26.6. The molecule has 4 nitrogen and oxygen atoms in total. The number of carbonyl (C=O) groups excluding carboxylic acids is 1. The van der Waals surface area contributed by atoms with Crippen LogP contribution in [-0.4, -0.2) is 34.5 Å². The van der Waals surface area contributed by atoms with Gasteiger partial charge in [-0.15, -0.1) is 0 Å². The zero-order valence-electron chi connectivity index (χ0n) is 10.5. The third-order valence-electron chi connectivity index (χ3n) is 3.42. The fraction of sp³-hybridized carbons (Fsp3) is 0.833. The van der Waals surface area contributed by atoms with E-state index >= 15 is 0 Å². The molecule has 1 aliphatic rings. The Morgan fingerprint density at radius 1 is 1.31 bits per heavy atom. The van der Waals surface area contributed by atoms with Crippen LogP contribution in [0.5, 0.6) is 0 Å². The minimum Gasteiger partial charge on any atom is -0.465 e. The number of hydrogen-bond donors (Lipinski definition) is 1. The van der Waals surface area contributed by atoms with Gasteiger partial charge in [0.1, 0.15) is 5.78 Å². The molecule has 4 heteroatoms. The number of nitrogens with zero attached hydrogens (tertiary/aromatic N) is 1. The maximum Gasteiger partial charge on any atom is 0.407 e. The topological polar surface area (TPSA) is 57.6 Å². The smallest absolute Gasteiger partial charge is 0.407 e. The Morgan fingerprint density at radius 3 is 2.25 bits per heavy atom. The van der Waals surface area contributed by atoms with E-state index in [1.54, 1.807) is 6.92 Å². The predicted octanol–water partition coefficient (Wildman–Crippen LogP) is 2.38. The van der Waals surface area contributed by atoms with E-state index < -0.39 is 6.09 Å². The Balaban J connectivity index is 2.86. The molecule has 1 rings (SSSR count). The number of carboxylic acid groups (broad SMARTS) is 1. The van der Waals surface area contributed by atoms with Gasteiger partial charge < -0.3 is 10.0 Å². The van der Waals surface area contributed by atoms with Crippen LogP contribution < -0.4 is 0 Å². The van der Waals surface area contributed by atoms with Gasteiger partial charge in [0.25, 0.3) is 0 Å². The van der Waals surface area contributed by atoms with E-state index in [2.05, 4.69) is 0 Å². The van der Waals surface area contributed by atoms with Gasteiger partial charge in [-0.1, -0.05) is 20.8 Å². The lowest BCUT2D eigenvalue weighted by atomic mass is 9.76. The molecule has 1 heterocycles. The highest BCUT2D eigenvalue weighted by molar-refractivity contribution is 5.78. The highest BCUT2D eigenvalue weighted by Gasteiger charge is 2.39. The number of Topliss-reactive ketones (excluding diaryl/α,β-unsaturated/α-hetero) is 1. The molecule has 0 saturated carbocycles. The Labute approximate surface area is 96.6 Å². The van der Waals surface area contributed by atoms with Crippen LogP contribution in [0.15, 0.2) is 0 Å². The molecule has 0 radical (unpaired) electrons. The summed E-state index contributed by atoms with van der Waals surface area (Å²) in [5.74, 6) is 0.208. The fourth-order valence-corrected chi connectivity index (χ4v) is 2.38. The number of ketones is 1. The van der Waals surface area contributed by atoms with Gasteiger partial charge in [-0.05, 0) is 25.2 Å². The van der Waals surface area contributed by atoms with Gasteiger partial charge in [0.2, 0.25) is 0 Å². The molecule has 2 atom stereocenters. The lowest BCUT2D eigenvalue weighted by molar-refractivity contribution is -0.123. The summed E-state index contributed by atoms with van der Waals surface area (Å²) >= 11 is 0. The molecular formula is C12H21NO3. The summed E-state index contributed by atoms with van der Waals surface area (Å²) in [5.41, 5.74) is -0.119. The second kappa shape index (κ2) is 4.44. The molecule has 0 aliphatic carbocycles. The average molecular weight is 227 g/mol. The highest BCUT2D eigenvalue weighted by Crippen LogP contribution is 2.34. The van der Waals surface area contributed by atoms with Crippen LogP contribution in [0.25, 0.3) is 0 Å². The molecule has 0 aromatic rings. The van der Waals surface area contributed by atoms with E-state index in [-0.39, 0.29) is 23.2 Å². The standard InChI is InChI=1S/C12H21NO3/c1-8(14)9-5-6-13(11(15)16)10(7-9)12(2,3)4/h9-10H,5-7H2,1-4H3,(H,15,16). The summed E-state index contributed by atoms with van der Waals surface area (Å²) in [6.07, 6.45) is 0.446. The van der Waals surface area contributed by atoms with E-state index in [4.69, 9.17) is 5.11 Å². The summed E-state index contributed by atoms with van der Waals surface area (Å²) < 4.78 is 0. The SMILES string of the molecule is CC(=O)C1CCN(C(=O)O)C(C(C)(C)C)C1. The van der Waals surface area contributed by atoms with Gasteiger partial charge in [-0.3, -0.25) is 4.79 Å². The van der Waals surface area contributed by atoms with Crippen LogP contribution in [0, 0.1) is 11.3 Å². The maximum absolute atomic E-state index is 11.4. The van der Waals surface area contributed by atoms with Gasteiger partial charge in [-0.25, -0.2) is 4.79 Å². The van der Waals surface area contributed by atoms with Crippen LogP contribution in [0.2, 0.25) is 0 Å². The minimum atomic E-state index is -0.873. The van der Waals surface area contributed by atoms with Crippen molar-refractivity contribution in [3.63, 3.8) is 0 Å². The molecule has 0 bridgehead atoms. The lowest BCUT2D eigenvalue weighted by Crippen LogP contribution is -2.52. The first-order chi connectivity index (χ1) is 7.23. The van der Waals surface area contributed by atoms with Crippen LogP contribution >= 0.6 is 0 Å². The molecule has 0 aromatic heterocycles. The van der Waals surface area contributed by atoms with Crippen molar-refractivity contribution >= 4 is 11.9 Å². The number of amides is 1. The number of rotatable bonds is 1. The number of carbonyl (C=O) groups is 2. The summed E-state index contributed by atoms with van der Waals surface area (Å²) in [5, 5.41) is 9.14. The molecule has 0 aromatic carbocycles. The van der Waals surface area contributed by atoms with Crippen molar-refractivity contribution in [1.29, 1.82) is 0 Å². The molecule has 1 saturated heterocycles. The van der Waals surface area contributed by atoms with Gasteiger partial charge in [0, 0.05) is 18.5 Å². The van der Waals surface area contributed by atoms with E-state index in [0.717, 1.165) is 0 Å². The first-order valence-corrected chi connectivity index (χ1v) is 5.73. The van der Waals surface area contributed by atoms with Gasteiger partial charge >= 0.3 is 6.09 Å². The van der Waals surface area contributed by atoms with Gasteiger partial charge in [0.15, 0.2) is 0 Å². The number of piperidine rings is 1. The van der Waals surface area contributed by atoms with Crippen LogP contribution in [-0.2, 0) is 4.79 Å². The van der Waals surface area contributed by atoms with Crippen molar-refractivity contribution < 1.29 is 14.7 Å². The third-order valence-corrected chi connectivity index (χ3v) is 3.42. The van der Waals surface area contributed by atoms with Crippen molar-refractivity contribution in [2.75, 3.05) is 6.54 Å². The molecule has 92 valence electrons. The Bertz CT molecular complexity index is 293. The molecule has 1 amide bonds. The minimum absolute atomic E-state index is 0.0276. The quantitative estimate of drug-likeness (QED) is 0.748. The lowest BCUT2D eigenvalue weighted by Gasteiger charge is -2.44. The van der Waals surface area contributed by atoms with Crippen LogP contribution in [0.1, 0.15) is 40.5 Å². The number of hydrogen-bond acceptors (Lipinski definition) is 2. The van der Waals surface area contributed by atoms with E-state index in [0.29, 0.717) is 19.4 Å². The molecule has 16 heavy (non-hydrogen) atoms. The zero-order valence-corrected chi connectivity index (χ0v) is 10.5. The molecular weight excluding hydrogens is 206 g/mol. The summed E-state index contributed by atoms with van der Waals surface area (Å²) in [4.78, 5) is 24.0. The number of likely N-dealkylation sites (tertiary alicyclic amines) is 1. The van der Waals surface area contributed by atoms with Crippen molar-refractivity contribution in [2.45, 2.75) is 46.6 Å². The Hall–Kier alpha value is -1.06. The second-order valence-electron chi connectivity index (χ2n) is 5.69. The monoisotopic (exact) mass is 227 g/mol. The van der Waals surface area contributed by atoms with E-state index in [9.17, 15) is 9.59 Å². The Morgan fingerprint density at radius 2 is 1.88 bits per heavy atom. The fourth-order valence-electron chi connectivity index (χ4n) is 2.38. The second-order valence-corrected chi connectivity index (χ2v) is 5.69.